The molecule has 0 bridgehead atoms. The Balaban J connectivity index is 2.23. The number of aliphatic carboxylic acids is 1. The Kier molecular flexibility index (Phi) is 3.29. The second kappa shape index (κ2) is 4.11. The molecule has 1 aliphatic rings. The van der Waals surface area contributed by atoms with Gasteiger partial charge in [-0.05, 0) is 13.8 Å². The van der Waals surface area contributed by atoms with Crippen molar-refractivity contribution < 1.29 is 14.6 Å². The lowest BCUT2D eigenvalue weighted by Gasteiger charge is -2.47. The summed E-state index contributed by atoms with van der Waals surface area (Å²) in [4.78, 5) is 12.5. The maximum absolute atomic E-state index is 10.3. The summed E-state index contributed by atoms with van der Waals surface area (Å²) in [6.45, 7) is 9.96. The minimum absolute atomic E-state index is 0.211. The van der Waals surface area contributed by atoms with Gasteiger partial charge in [-0.25, -0.2) is 4.79 Å². The molecule has 0 unspecified atom stereocenters. The zero-order valence-corrected chi connectivity index (χ0v) is 8.75. The largest absolute Gasteiger partial charge is 0.480 e. The van der Waals surface area contributed by atoms with Crippen molar-refractivity contribution in [1.29, 1.82) is 0 Å². The number of carboxylic acids is 1. The maximum Gasteiger partial charge on any atom is 0.329 e. The Labute approximate surface area is 84.2 Å². The van der Waals surface area contributed by atoms with Gasteiger partial charge >= 0.3 is 5.97 Å². The summed E-state index contributed by atoms with van der Waals surface area (Å²) in [6, 6.07) is 0. The van der Waals surface area contributed by atoms with Crippen molar-refractivity contribution in [3.63, 3.8) is 0 Å². The monoisotopic (exact) mass is 199 g/mol. The molecule has 1 aliphatic heterocycles. The minimum atomic E-state index is -0.912. The van der Waals surface area contributed by atoms with Crippen LogP contribution in [0.4, 0.5) is 0 Å². The third-order valence-corrected chi connectivity index (χ3v) is 2.15. The van der Waals surface area contributed by atoms with Crippen molar-refractivity contribution in [3.8, 4) is 0 Å². The molecule has 4 nitrogen and oxygen atoms in total. The van der Waals surface area contributed by atoms with Crippen molar-refractivity contribution >= 4 is 5.97 Å². The average molecular weight is 199 g/mol. The summed E-state index contributed by atoms with van der Waals surface area (Å²) in [5, 5.41) is 8.46. The molecular weight excluding hydrogens is 182 g/mol. The fraction of sp³-hybridized carbons (Fsp3) is 0.700. The number of hydrogen-bond acceptors (Lipinski definition) is 3. The van der Waals surface area contributed by atoms with Gasteiger partial charge < -0.3 is 9.84 Å². The number of nitrogens with zero attached hydrogens (tertiary/aromatic N) is 1. The van der Waals surface area contributed by atoms with Gasteiger partial charge in [-0.1, -0.05) is 12.2 Å². The Morgan fingerprint density at radius 2 is 2.21 bits per heavy atom. The first kappa shape index (κ1) is 11.2. The molecule has 0 aromatic heterocycles. The second-order valence-electron chi connectivity index (χ2n) is 4.23. The van der Waals surface area contributed by atoms with Crippen LogP contribution >= 0.6 is 0 Å². The zero-order valence-electron chi connectivity index (χ0n) is 8.75. The van der Waals surface area contributed by atoms with Crippen LogP contribution in [-0.2, 0) is 9.53 Å². The maximum atomic E-state index is 10.3. The van der Waals surface area contributed by atoms with Crippen molar-refractivity contribution in [2.75, 3.05) is 26.2 Å². The molecule has 1 rings (SSSR count). The van der Waals surface area contributed by atoms with Crippen molar-refractivity contribution in [3.05, 3.63) is 12.2 Å². The van der Waals surface area contributed by atoms with E-state index in [0.717, 1.165) is 25.2 Å². The zero-order chi connectivity index (χ0) is 10.8. The summed E-state index contributed by atoms with van der Waals surface area (Å²) >= 11 is 0. The van der Waals surface area contributed by atoms with Crippen LogP contribution in [0.2, 0.25) is 0 Å². The molecule has 0 spiro atoms. The Morgan fingerprint density at radius 1 is 1.64 bits per heavy atom. The van der Waals surface area contributed by atoms with Crippen LogP contribution in [-0.4, -0.2) is 47.8 Å². The molecule has 1 N–H and O–H groups in total. The molecule has 14 heavy (non-hydrogen) atoms. The van der Waals surface area contributed by atoms with E-state index in [9.17, 15) is 4.79 Å². The first-order chi connectivity index (χ1) is 6.41. The first-order valence-corrected chi connectivity index (χ1v) is 4.64. The van der Waals surface area contributed by atoms with Crippen LogP contribution in [0.15, 0.2) is 12.2 Å². The molecule has 0 aromatic carbocycles. The molecule has 0 radical (unpaired) electrons. The van der Waals surface area contributed by atoms with E-state index in [1.54, 1.807) is 0 Å². The van der Waals surface area contributed by atoms with Crippen LogP contribution < -0.4 is 0 Å². The molecular formula is C10H17NO3. The fourth-order valence-corrected chi connectivity index (χ4v) is 1.72. The predicted octanol–water partition coefficient (Wildman–Crippen LogP) is 0.738. The molecule has 1 heterocycles. The molecule has 1 fully saturated rings. The summed E-state index contributed by atoms with van der Waals surface area (Å²) < 4.78 is 5.27. The SMILES string of the molecule is C=C(C)CN1CC(C)(OCC(=O)O)C1. The highest BCUT2D eigenvalue weighted by molar-refractivity contribution is 5.68. The Hall–Kier alpha value is -0.870. The molecule has 80 valence electrons. The summed E-state index contributed by atoms with van der Waals surface area (Å²) in [6.07, 6.45) is 0. The molecule has 4 heteroatoms. The van der Waals surface area contributed by atoms with E-state index in [-0.39, 0.29) is 12.2 Å². The quantitative estimate of drug-likeness (QED) is 0.663. The minimum Gasteiger partial charge on any atom is -0.480 e. The molecule has 0 aliphatic carbocycles. The lowest BCUT2D eigenvalue weighted by molar-refractivity contribution is -0.163. The van der Waals surface area contributed by atoms with Crippen LogP contribution in [0.5, 0.6) is 0 Å². The third-order valence-electron chi connectivity index (χ3n) is 2.15. The molecule has 0 atom stereocenters. The summed E-state index contributed by atoms with van der Waals surface area (Å²) in [5.74, 6) is -0.912. The van der Waals surface area contributed by atoms with Gasteiger partial charge in [0.15, 0.2) is 0 Å². The summed E-state index contributed by atoms with van der Waals surface area (Å²) in [5.41, 5.74) is 0.832. The van der Waals surface area contributed by atoms with E-state index in [4.69, 9.17) is 9.84 Å². The number of rotatable bonds is 5. The highest BCUT2D eigenvalue weighted by atomic mass is 16.5. The number of carboxylic acid groups (broad SMARTS) is 1. The number of ether oxygens (including phenoxy) is 1. The van der Waals surface area contributed by atoms with Crippen molar-refractivity contribution in [1.82, 2.24) is 4.90 Å². The van der Waals surface area contributed by atoms with E-state index >= 15 is 0 Å². The van der Waals surface area contributed by atoms with Gasteiger partial charge in [-0.15, -0.1) is 0 Å². The molecule has 0 amide bonds. The lowest BCUT2D eigenvalue weighted by atomic mass is 9.96. The fourth-order valence-electron chi connectivity index (χ4n) is 1.72. The van der Waals surface area contributed by atoms with Crippen LogP contribution in [0.1, 0.15) is 13.8 Å². The van der Waals surface area contributed by atoms with Gasteiger partial charge in [0.1, 0.15) is 6.61 Å². The third kappa shape index (κ3) is 3.12. The first-order valence-electron chi connectivity index (χ1n) is 4.64. The van der Waals surface area contributed by atoms with Gasteiger partial charge in [0.25, 0.3) is 0 Å². The van der Waals surface area contributed by atoms with Gasteiger partial charge in [0, 0.05) is 19.6 Å². The smallest absolute Gasteiger partial charge is 0.329 e. The molecule has 0 aromatic rings. The lowest BCUT2D eigenvalue weighted by Crippen LogP contribution is -2.61. The Morgan fingerprint density at radius 3 is 2.64 bits per heavy atom. The highest BCUT2D eigenvalue weighted by Gasteiger charge is 2.39. The van der Waals surface area contributed by atoms with E-state index in [1.807, 2.05) is 13.8 Å². The molecule has 1 saturated heterocycles. The predicted molar refractivity (Wildman–Crippen MR) is 53.2 cm³/mol. The van der Waals surface area contributed by atoms with Crippen molar-refractivity contribution in [2.45, 2.75) is 19.4 Å². The van der Waals surface area contributed by atoms with Gasteiger partial charge in [0.05, 0.1) is 5.60 Å². The van der Waals surface area contributed by atoms with Crippen LogP contribution in [0, 0.1) is 0 Å². The van der Waals surface area contributed by atoms with Gasteiger partial charge in [-0.3, -0.25) is 4.90 Å². The van der Waals surface area contributed by atoms with Gasteiger partial charge in [-0.2, -0.15) is 0 Å². The molecule has 0 saturated carbocycles. The standard InChI is InChI=1S/C10H17NO3/c1-8(2)4-11-6-10(3,7-11)14-5-9(12)13/h1,4-7H2,2-3H3,(H,12,13). The normalized spacial score (nSPS) is 20.1. The summed E-state index contributed by atoms with van der Waals surface area (Å²) in [7, 11) is 0. The Bertz CT molecular complexity index is 244. The van der Waals surface area contributed by atoms with Crippen LogP contribution in [0.3, 0.4) is 0 Å². The number of carbonyl (C=O) groups is 1. The topological polar surface area (TPSA) is 49.8 Å². The van der Waals surface area contributed by atoms with E-state index in [1.165, 1.54) is 0 Å². The van der Waals surface area contributed by atoms with Crippen molar-refractivity contribution in [2.24, 2.45) is 0 Å². The highest BCUT2D eigenvalue weighted by Crippen LogP contribution is 2.24. The van der Waals surface area contributed by atoms with Gasteiger partial charge in [0.2, 0.25) is 0 Å². The number of likely N-dealkylation sites (tertiary alicyclic amines) is 1. The second-order valence-corrected chi connectivity index (χ2v) is 4.23. The van der Waals surface area contributed by atoms with E-state index < -0.39 is 5.97 Å². The van der Waals surface area contributed by atoms with E-state index in [0.29, 0.717) is 0 Å². The average Bonchev–Trinajstić information content (AvgIpc) is 1.97. The van der Waals surface area contributed by atoms with E-state index in [2.05, 4.69) is 11.5 Å². The number of hydrogen-bond donors (Lipinski definition) is 1. The van der Waals surface area contributed by atoms with Crippen LogP contribution in [0.25, 0.3) is 0 Å².